The van der Waals surface area contributed by atoms with E-state index in [0.29, 0.717) is 0 Å². The van der Waals surface area contributed by atoms with Gasteiger partial charge in [-0.1, -0.05) is 36.4 Å². The number of pyridine rings is 1. The van der Waals surface area contributed by atoms with Gasteiger partial charge in [0.1, 0.15) is 5.75 Å². The standard InChI is InChI=1S/C22H19NO/c1-14-12-16(24-3)13-15(2)21(14)22-17-8-4-6-10-19(17)23-20-11-7-5-9-18(20)22/h4-13H,1-3H3. The Morgan fingerprint density at radius 2 is 1.21 bits per heavy atom. The Labute approximate surface area is 141 Å². The first-order valence-corrected chi connectivity index (χ1v) is 8.12. The molecule has 0 amide bonds. The van der Waals surface area contributed by atoms with E-state index in [1.54, 1.807) is 7.11 Å². The van der Waals surface area contributed by atoms with Crippen molar-refractivity contribution in [3.63, 3.8) is 0 Å². The SMILES string of the molecule is COc1cc(C)c(-c2c3ccccc3nc3ccccc23)c(C)c1. The van der Waals surface area contributed by atoms with Gasteiger partial charge >= 0.3 is 0 Å². The lowest BCUT2D eigenvalue weighted by Gasteiger charge is -2.17. The summed E-state index contributed by atoms with van der Waals surface area (Å²) in [5.41, 5.74) is 7.02. The average Bonchev–Trinajstić information content (AvgIpc) is 2.60. The molecule has 0 aliphatic rings. The van der Waals surface area contributed by atoms with Crippen LogP contribution >= 0.6 is 0 Å². The number of aryl methyl sites for hydroxylation is 2. The molecule has 1 aromatic heterocycles. The molecular formula is C22H19NO. The molecule has 24 heavy (non-hydrogen) atoms. The van der Waals surface area contributed by atoms with E-state index in [0.717, 1.165) is 16.8 Å². The number of hydrogen-bond acceptors (Lipinski definition) is 2. The quantitative estimate of drug-likeness (QED) is 0.444. The maximum absolute atomic E-state index is 5.43. The van der Waals surface area contributed by atoms with Gasteiger partial charge in [-0.15, -0.1) is 0 Å². The number of ether oxygens (including phenoxy) is 1. The van der Waals surface area contributed by atoms with Gasteiger partial charge in [-0.05, 0) is 54.8 Å². The number of para-hydroxylation sites is 2. The third-order valence-electron chi connectivity index (χ3n) is 4.58. The van der Waals surface area contributed by atoms with Gasteiger partial charge in [-0.25, -0.2) is 4.98 Å². The molecular weight excluding hydrogens is 294 g/mol. The summed E-state index contributed by atoms with van der Waals surface area (Å²) in [6.45, 7) is 4.30. The van der Waals surface area contributed by atoms with Crippen molar-refractivity contribution in [1.82, 2.24) is 4.98 Å². The minimum Gasteiger partial charge on any atom is -0.497 e. The largest absolute Gasteiger partial charge is 0.497 e. The predicted molar refractivity (Wildman–Crippen MR) is 101 cm³/mol. The number of rotatable bonds is 2. The zero-order valence-corrected chi connectivity index (χ0v) is 14.1. The summed E-state index contributed by atoms with van der Waals surface area (Å²) >= 11 is 0. The Bertz CT molecular complexity index is 989. The van der Waals surface area contributed by atoms with E-state index >= 15 is 0 Å². The van der Waals surface area contributed by atoms with Crippen molar-refractivity contribution in [3.05, 3.63) is 71.8 Å². The van der Waals surface area contributed by atoms with Gasteiger partial charge in [0.25, 0.3) is 0 Å². The van der Waals surface area contributed by atoms with Crippen molar-refractivity contribution in [2.45, 2.75) is 13.8 Å². The monoisotopic (exact) mass is 313 g/mol. The van der Waals surface area contributed by atoms with E-state index in [9.17, 15) is 0 Å². The van der Waals surface area contributed by atoms with Crippen LogP contribution in [-0.4, -0.2) is 12.1 Å². The molecule has 1 heterocycles. The molecule has 3 aromatic carbocycles. The maximum Gasteiger partial charge on any atom is 0.119 e. The van der Waals surface area contributed by atoms with Crippen LogP contribution in [0.2, 0.25) is 0 Å². The van der Waals surface area contributed by atoms with Crippen molar-refractivity contribution >= 4 is 21.8 Å². The van der Waals surface area contributed by atoms with Gasteiger partial charge in [0.15, 0.2) is 0 Å². The topological polar surface area (TPSA) is 22.1 Å². The molecule has 4 aromatic rings. The summed E-state index contributed by atoms with van der Waals surface area (Å²) in [5, 5.41) is 2.38. The van der Waals surface area contributed by atoms with Crippen LogP contribution in [0.5, 0.6) is 5.75 Å². The molecule has 0 aliphatic heterocycles. The van der Waals surface area contributed by atoms with E-state index in [-0.39, 0.29) is 0 Å². The zero-order valence-electron chi connectivity index (χ0n) is 14.1. The molecule has 0 unspecified atom stereocenters. The van der Waals surface area contributed by atoms with Gasteiger partial charge in [0, 0.05) is 16.3 Å². The van der Waals surface area contributed by atoms with Crippen LogP contribution in [0.1, 0.15) is 11.1 Å². The maximum atomic E-state index is 5.43. The van der Waals surface area contributed by atoms with Crippen LogP contribution < -0.4 is 4.74 Å². The van der Waals surface area contributed by atoms with E-state index in [2.05, 4.69) is 62.4 Å². The summed E-state index contributed by atoms with van der Waals surface area (Å²) in [6.07, 6.45) is 0. The molecule has 0 aliphatic carbocycles. The lowest BCUT2D eigenvalue weighted by Crippen LogP contribution is -1.95. The average molecular weight is 313 g/mol. The molecule has 0 N–H and O–H groups in total. The summed E-state index contributed by atoms with van der Waals surface area (Å²) in [6, 6.07) is 20.9. The van der Waals surface area contributed by atoms with Crippen LogP contribution in [-0.2, 0) is 0 Å². The molecule has 2 heteroatoms. The lowest BCUT2D eigenvalue weighted by atomic mass is 9.90. The first-order valence-electron chi connectivity index (χ1n) is 8.12. The zero-order chi connectivity index (χ0) is 16.7. The molecule has 0 fully saturated rings. The molecule has 0 saturated carbocycles. The molecule has 2 nitrogen and oxygen atoms in total. The number of benzene rings is 3. The second kappa shape index (κ2) is 5.64. The fourth-order valence-electron chi connectivity index (χ4n) is 3.55. The Kier molecular flexibility index (Phi) is 3.46. The summed E-state index contributed by atoms with van der Waals surface area (Å²) in [5.74, 6) is 0.899. The molecule has 4 rings (SSSR count). The Hall–Kier alpha value is -2.87. The first-order chi connectivity index (χ1) is 11.7. The minimum atomic E-state index is 0.899. The van der Waals surface area contributed by atoms with Crippen LogP contribution in [0.3, 0.4) is 0 Å². The fourth-order valence-corrected chi connectivity index (χ4v) is 3.55. The van der Waals surface area contributed by atoms with Gasteiger partial charge in [-0.3, -0.25) is 0 Å². The third kappa shape index (κ3) is 2.23. The highest BCUT2D eigenvalue weighted by molar-refractivity contribution is 6.10. The second-order valence-corrected chi connectivity index (χ2v) is 6.16. The molecule has 0 atom stereocenters. The van der Waals surface area contributed by atoms with Crippen molar-refractivity contribution in [2.75, 3.05) is 7.11 Å². The molecule has 0 spiro atoms. The number of methoxy groups -OCH3 is 1. The van der Waals surface area contributed by atoms with Crippen molar-refractivity contribution < 1.29 is 4.74 Å². The van der Waals surface area contributed by atoms with Gasteiger partial charge in [-0.2, -0.15) is 0 Å². The number of nitrogens with zero attached hydrogens (tertiary/aromatic N) is 1. The second-order valence-electron chi connectivity index (χ2n) is 6.16. The van der Waals surface area contributed by atoms with Gasteiger partial charge < -0.3 is 4.74 Å². The highest BCUT2D eigenvalue weighted by atomic mass is 16.5. The van der Waals surface area contributed by atoms with E-state index < -0.39 is 0 Å². The smallest absolute Gasteiger partial charge is 0.119 e. The lowest BCUT2D eigenvalue weighted by molar-refractivity contribution is 0.414. The molecule has 0 radical (unpaired) electrons. The van der Waals surface area contributed by atoms with Crippen molar-refractivity contribution in [3.8, 4) is 16.9 Å². The summed E-state index contributed by atoms with van der Waals surface area (Å²) in [4.78, 5) is 4.83. The minimum absolute atomic E-state index is 0.899. The predicted octanol–water partition coefficient (Wildman–Crippen LogP) is 5.68. The van der Waals surface area contributed by atoms with E-state index in [4.69, 9.17) is 9.72 Å². The van der Waals surface area contributed by atoms with Crippen LogP contribution in [0.25, 0.3) is 32.9 Å². The molecule has 118 valence electrons. The van der Waals surface area contributed by atoms with Crippen LogP contribution in [0, 0.1) is 13.8 Å². The third-order valence-corrected chi connectivity index (χ3v) is 4.58. The fraction of sp³-hybridized carbons (Fsp3) is 0.136. The van der Waals surface area contributed by atoms with E-state index in [1.165, 1.54) is 33.0 Å². The van der Waals surface area contributed by atoms with Gasteiger partial charge in [0.2, 0.25) is 0 Å². The van der Waals surface area contributed by atoms with Crippen molar-refractivity contribution in [1.29, 1.82) is 0 Å². The Morgan fingerprint density at radius 3 is 1.71 bits per heavy atom. The number of hydrogen-bond donors (Lipinski definition) is 0. The Morgan fingerprint density at radius 1 is 0.708 bits per heavy atom. The number of fused-ring (bicyclic) bond motifs is 2. The van der Waals surface area contributed by atoms with E-state index in [1.807, 2.05) is 12.1 Å². The summed E-state index contributed by atoms with van der Waals surface area (Å²) < 4.78 is 5.43. The van der Waals surface area contributed by atoms with Crippen LogP contribution in [0.15, 0.2) is 60.7 Å². The van der Waals surface area contributed by atoms with Crippen LogP contribution in [0.4, 0.5) is 0 Å². The highest BCUT2D eigenvalue weighted by Crippen LogP contribution is 2.39. The molecule has 0 saturated heterocycles. The van der Waals surface area contributed by atoms with Crippen molar-refractivity contribution in [2.24, 2.45) is 0 Å². The molecule has 0 bridgehead atoms. The Balaban J connectivity index is 2.19. The highest BCUT2D eigenvalue weighted by Gasteiger charge is 2.15. The first kappa shape index (κ1) is 14.7. The normalized spacial score (nSPS) is 11.1. The summed E-state index contributed by atoms with van der Waals surface area (Å²) in [7, 11) is 1.71. The van der Waals surface area contributed by atoms with Gasteiger partial charge in [0.05, 0.1) is 18.1 Å². The number of aromatic nitrogens is 1.